The molecular weight excluding hydrogens is 378 g/mol. The van der Waals surface area contributed by atoms with E-state index in [4.69, 9.17) is 4.74 Å². The van der Waals surface area contributed by atoms with Crippen LogP contribution in [0.4, 0.5) is 5.69 Å². The number of nitro groups is 1. The Hall–Kier alpha value is -4.08. The molecule has 0 unspecified atom stereocenters. The zero-order valence-corrected chi connectivity index (χ0v) is 15.7. The molecule has 0 saturated carbocycles. The SMILES string of the molecule is COC(=O)c1c(C)nn2c1ncc1c(=O)n(-c3cc([N+](=O)[O-])ccc3C)ccc12. The van der Waals surface area contributed by atoms with Gasteiger partial charge in [-0.15, -0.1) is 0 Å². The molecule has 0 N–H and O–H groups in total. The number of hydrogen-bond acceptors (Lipinski definition) is 7. The van der Waals surface area contributed by atoms with Crippen LogP contribution in [0.15, 0.2) is 41.5 Å². The molecule has 4 rings (SSSR count). The third kappa shape index (κ3) is 2.73. The van der Waals surface area contributed by atoms with Gasteiger partial charge in [-0.3, -0.25) is 19.5 Å². The number of hydrogen-bond donors (Lipinski definition) is 0. The number of rotatable bonds is 3. The van der Waals surface area contributed by atoms with Crippen LogP contribution in [0.1, 0.15) is 21.6 Å². The Balaban J connectivity index is 2.00. The number of nitrogens with zero attached hydrogens (tertiary/aromatic N) is 5. The quantitative estimate of drug-likeness (QED) is 0.297. The number of esters is 1. The lowest BCUT2D eigenvalue weighted by Crippen LogP contribution is -2.20. The Morgan fingerprint density at radius 2 is 2.00 bits per heavy atom. The first-order valence-electron chi connectivity index (χ1n) is 8.57. The molecule has 0 bridgehead atoms. The summed E-state index contributed by atoms with van der Waals surface area (Å²) in [4.78, 5) is 40.0. The molecule has 0 amide bonds. The molecule has 3 aromatic heterocycles. The Labute approximate surface area is 163 Å². The molecule has 0 saturated heterocycles. The van der Waals surface area contributed by atoms with E-state index in [2.05, 4.69) is 10.1 Å². The highest BCUT2D eigenvalue weighted by molar-refractivity contribution is 5.98. The minimum absolute atomic E-state index is 0.114. The number of carbonyl (C=O) groups excluding carboxylic acids is 1. The number of pyridine rings is 1. The summed E-state index contributed by atoms with van der Waals surface area (Å²) in [7, 11) is 1.27. The first kappa shape index (κ1) is 18.3. The number of ether oxygens (including phenoxy) is 1. The molecule has 1 aromatic carbocycles. The van der Waals surface area contributed by atoms with Gasteiger partial charge in [-0.05, 0) is 25.5 Å². The molecule has 10 heteroatoms. The average molecular weight is 393 g/mol. The van der Waals surface area contributed by atoms with Gasteiger partial charge in [-0.2, -0.15) is 5.10 Å². The van der Waals surface area contributed by atoms with Gasteiger partial charge >= 0.3 is 5.97 Å². The summed E-state index contributed by atoms with van der Waals surface area (Å²) >= 11 is 0. The molecule has 0 aliphatic carbocycles. The molecule has 0 spiro atoms. The molecule has 4 aromatic rings. The van der Waals surface area contributed by atoms with Crippen LogP contribution in [-0.4, -0.2) is 37.2 Å². The second kappa shape index (κ2) is 6.51. The van der Waals surface area contributed by atoms with Crippen LogP contribution in [0.2, 0.25) is 0 Å². The number of benzene rings is 1. The van der Waals surface area contributed by atoms with E-state index in [0.29, 0.717) is 22.5 Å². The Morgan fingerprint density at radius 1 is 1.24 bits per heavy atom. The second-order valence-corrected chi connectivity index (χ2v) is 6.46. The smallest absolute Gasteiger partial charge is 0.343 e. The lowest BCUT2D eigenvalue weighted by molar-refractivity contribution is -0.384. The summed E-state index contributed by atoms with van der Waals surface area (Å²) in [5.74, 6) is -0.565. The van der Waals surface area contributed by atoms with Gasteiger partial charge in [0.15, 0.2) is 5.65 Å². The number of nitro benzene ring substituents is 1. The zero-order valence-electron chi connectivity index (χ0n) is 15.7. The van der Waals surface area contributed by atoms with E-state index in [1.54, 1.807) is 26.0 Å². The number of non-ortho nitro benzene ring substituents is 1. The average Bonchev–Trinajstić information content (AvgIpc) is 3.04. The standard InChI is InChI=1S/C19H15N5O5/c1-10-4-5-12(24(27)28)8-15(10)22-7-6-14-13(18(22)25)9-20-17-16(19(26)29-3)11(2)21-23(14)17/h4-9H,1-3H3. The maximum atomic E-state index is 13.1. The summed E-state index contributed by atoms with van der Waals surface area (Å²) < 4.78 is 7.54. The normalized spacial score (nSPS) is 11.1. The van der Waals surface area contributed by atoms with Gasteiger partial charge < -0.3 is 4.74 Å². The van der Waals surface area contributed by atoms with Crippen molar-refractivity contribution in [2.45, 2.75) is 13.8 Å². The third-order valence-corrected chi connectivity index (χ3v) is 4.74. The molecule has 146 valence electrons. The molecule has 0 radical (unpaired) electrons. The number of carbonyl (C=O) groups is 1. The van der Waals surface area contributed by atoms with Crippen molar-refractivity contribution in [1.82, 2.24) is 19.2 Å². The fraction of sp³-hybridized carbons (Fsp3) is 0.158. The van der Waals surface area contributed by atoms with Crippen LogP contribution < -0.4 is 5.56 Å². The Morgan fingerprint density at radius 3 is 2.69 bits per heavy atom. The summed E-state index contributed by atoms with van der Waals surface area (Å²) in [5, 5.41) is 15.7. The number of methoxy groups -OCH3 is 1. The van der Waals surface area contributed by atoms with E-state index in [9.17, 15) is 19.7 Å². The third-order valence-electron chi connectivity index (χ3n) is 4.74. The van der Waals surface area contributed by atoms with Crippen molar-refractivity contribution in [3.63, 3.8) is 0 Å². The van der Waals surface area contributed by atoms with Crippen LogP contribution in [0.25, 0.3) is 22.2 Å². The highest BCUT2D eigenvalue weighted by atomic mass is 16.6. The first-order valence-corrected chi connectivity index (χ1v) is 8.57. The van der Waals surface area contributed by atoms with Crippen LogP contribution >= 0.6 is 0 Å². The molecule has 0 fully saturated rings. The van der Waals surface area contributed by atoms with E-state index in [0.717, 1.165) is 0 Å². The summed E-state index contributed by atoms with van der Waals surface area (Å²) in [6.07, 6.45) is 2.88. The highest BCUT2D eigenvalue weighted by Gasteiger charge is 2.21. The Bertz CT molecular complexity index is 1390. The molecule has 3 heterocycles. The predicted octanol–water partition coefficient (Wildman–Crippen LogP) is 2.35. The van der Waals surface area contributed by atoms with Crippen molar-refractivity contribution in [2.24, 2.45) is 0 Å². The summed E-state index contributed by atoms with van der Waals surface area (Å²) in [6.45, 7) is 3.41. The van der Waals surface area contributed by atoms with Gasteiger partial charge in [0.25, 0.3) is 11.2 Å². The first-order chi connectivity index (χ1) is 13.8. The van der Waals surface area contributed by atoms with Gasteiger partial charge in [0, 0.05) is 24.5 Å². The Kier molecular flexibility index (Phi) is 4.11. The van der Waals surface area contributed by atoms with Crippen molar-refractivity contribution in [3.8, 4) is 5.69 Å². The molecular formula is C19H15N5O5. The van der Waals surface area contributed by atoms with E-state index >= 15 is 0 Å². The van der Waals surface area contributed by atoms with Crippen LogP contribution in [0, 0.1) is 24.0 Å². The maximum Gasteiger partial charge on any atom is 0.343 e. The molecule has 0 atom stereocenters. The van der Waals surface area contributed by atoms with Crippen LogP contribution in [0.3, 0.4) is 0 Å². The molecule has 29 heavy (non-hydrogen) atoms. The van der Waals surface area contributed by atoms with Gasteiger partial charge in [0.05, 0.1) is 34.3 Å². The van der Waals surface area contributed by atoms with Crippen LogP contribution in [-0.2, 0) is 4.74 Å². The molecule has 10 nitrogen and oxygen atoms in total. The second-order valence-electron chi connectivity index (χ2n) is 6.46. The van der Waals surface area contributed by atoms with Crippen LogP contribution in [0.5, 0.6) is 0 Å². The fourth-order valence-corrected chi connectivity index (χ4v) is 3.28. The number of fused-ring (bicyclic) bond motifs is 3. The monoisotopic (exact) mass is 393 g/mol. The molecule has 0 aliphatic heterocycles. The lowest BCUT2D eigenvalue weighted by atomic mass is 10.1. The minimum atomic E-state index is -0.565. The molecule has 0 aliphatic rings. The lowest BCUT2D eigenvalue weighted by Gasteiger charge is -2.10. The fourth-order valence-electron chi connectivity index (χ4n) is 3.28. The zero-order chi connectivity index (χ0) is 20.9. The maximum absolute atomic E-state index is 13.1. The highest BCUT2D eigenvalue weighted by Crippen LogP contribution is 2.22. The van der Waals surface area contributed by atoms with Gasteiger partial charge in [0.1, 0.15) is 5.56 Å². The summed E-state index contributed by atoms with van der Waals surface area (Å²) in [5.41, 5.74) is 1.98. The minimum Gasteiger partial charge on any atom is -0.465 e. The van der Waals surface area contributed by atoms with Gasteiger partial charge in [0.2, 0.25) is 0 Å². The van der Waals surface area contributed by atoms with E-state index < -0.39 is 16.5 Å². The van der Waals surface area contributed by atoms with Gasteiger partial charge in [-0.1, -0.05) is 6.07 Å². The van der Waals surface area contributed by atoms with E-state index in [1.165, 1.54) is 40.7 Å². The van der Waals surface area contributed by atoms with Crippen molar-refractivity contribution >= 4 is 28.2 Å². The largest absolute Gasteiger partial charge is 0.465 e. The van der Waals surface area contributed by atoms with Crippen molar-refractivity contribution in [2.75, 3.05) is 7.11 Å². The van der Waals surface area contributed by atoms with Gasteiger partial charge in [-0.25, -0.2) is 14.3 Å². The predicted molar refractivity (Wildman–Crippen MR) is 104 cm³/mol. The van der Waals surface area contributed by atoms with Crippen molar-refractivity contribution < 1.29 is 14.5 Å². The number of aryl methyl sites for hydroxylation is 2. The van der Waals surface area contributed by atoms with E-state index in [-0.39, 0.29) is 22.3 Å². The van der Waals surface area contributed by atoms with Crippen molar-refractivity contribution in [3.05, 3.63) is 73.9 Å². The van der Waals surface area contributed by atoms with Crippen molar-refractivity contribution in [1.29, 1.82) is 0 Å². The van der Waals surface area contributed by atoms with E-state index in [1.807, 2.05) is 0 Å². The topological polar surface area (TPSA) is 122 Å². The number of aromatic nitrogens is 4. The summed E-state index contributed by atoms with van der Waals surface area (Å²) in [6, 6.07) is 5.97.